The number of carbonyl (C=O) groups is 1. The van der Waals surface area contributed by atoms with Gasteiger partial charge in [0, 0.05) is 18.8 Å². The lowest BCUT2D eigenvalue weighted by Gasteiger charge is -2.25. The first-order valence-corrected chi connectivity index (χ1v) is 8.00. The third-order valence-corrected chi connectivity index (χ3v) is 3.97. The van der Waals surface area contributed by atoms with Gasteiger partial charge in [-0.3, -0.25) is 4.79 Å². The lowest BCUT2D eigenvalue weighted by atomic mass is 10.0. The number of nitrogens with zero attached hydrogens (tertiary/aromatic N) is 1. The second-order valence-corrected chi connectivity index (χ2v) is 6.28. The lowest BCUT2D eigenvalue weighted by Crippen LogP contribution is -2.46. The van der Waals surface area contributed by atoms with Crippen molar-refractivity contribution in [3.05, 3.63) is 30.5 Å². The van der Waals surface area contributed by atoms with E-state index >= 15 is 0 Å². The summed E-state index contributed by atoms with van der Waals surface area (Å²) in [5.74, 6) is 1.38. The highest BCUT2D eigenvalue weighted by Gasteiger charge is 2.27. The molecule has 7 nitrogen and oxygen atoms in total. The zero-order valence-corrected chi connectivity index (χ0v) is 14.4. The minimum Gasteiger partial charge on any atom is -0.504 e. The maximum Gasteiger partial charge on any atom is 0.244 e. The monoisotopic (exact) mass is 343 g/mol. The predicted molar refractivity (Wildman–Crippen MR) is 94.1 cm³/mol. The Labute approximate surface area is 146 Å². The van der Waals surface area contributed by atoms with Gasteiger partial charge in [0.05, 0.1) is 0 Å². The minimum absolute atomic E-state index is 0.0376. The summed E-state index contributed by atoms with van der Waals surface area (Å²) in [7, 11) is 1.56. The van der Waals surface area contributed by atoms with Crippen LogP contribution >= 0.6 is 0 Å². The summed E-state index contributed by atoms with van der Waals surface area (Å²) < 4.78 is 11.1. The van der Waals surface area contributed by atoms with Gasteiger partial charge in [0.1, 0.15) is 18.8 Å². The van der Waals surface area contributed by atoms with E-state index in [2.05, 4.69) is 15.6 Å². The molecule has 0 radical (unpaired) electrons. The number of rotatable bonds is 4. The van der Waals surface area contributed by atoms with Crippen LogP contribution in [0.1, 0.15) is 13.8 Å². The number of pyridine rings is 1. The van der Waals surface area contributed by atoms with Crippen molar-refractivity contribution in [2.24, 2.45) is 0 Å². The molecule has 0 spiro atoms. The molecule has 1 aliphatic rings. The van der Waals surface area contributed by atoms with Crippen molar-refractivity contribution in [2.75, 3.05) is 25.6 Å². The van der Waals surface area contributed by atoms with Crippen LogP contribution < -0.4 is 20.1 Å². The SMILES string of the molecule is CNC(=O)C(C)(C)Nc1ncc(-c2ccc3c(c2)OCCO3)cc1O. The average Bonchev–Trinajstić information content (AvgIpc) is 2.62. The summed E-state index contributed by atoms with van der Waals surface area (Å²) in [4.78, 5) is 16.1. The van der Waals surface area contributed by atoms with Gasteiger partial charge in [0.25, 0.3) is 0 Å². The Hall–Kier alpha value is -2.96. The van der Waals surface area contributed by atoms with Crippen molar-refractivity contribution in [3.63, 3.8) is 0 Å². The number of hydrogen-bond donors (Lipinski definition) is 3. The molecule has 132 valence electrons. The van der Waals surface area contributed by atoms with E-state index < -0.39 is 5.54 Å². The number of aromatic hydroxyl groups is 1. The van der Waals surface area contributed by atoms with E-state index in [9.17, 15) is 9.90 Å². The van der Waals surface area contributed by atoms with Crippen LogP contribution in [0.3, 0.4) is 0 Å². The van der Waals surface area contributed by atoms with E-state index in [0.717, 1.165) is 11.1 Å². The molecule has 0 atom stereocenters. The Balaban J connectivity index is 1.86. The molecule has 2 aromatic rings. The molecule has 0 saturated heterocycles. The molecule has 0 aliphatic carbocycles. The summed E-state index contributed by atoms with van der Waals surface area (Å²) in [5.41, 5.74) is 0.680. The second-order valence-electron chi connectivity index (χ2n) is 6.28. The van der Waals surface area contributed by atoms with E-state index in [4.69, 9.17) is 9.47 Å². The first kappa shape index (κ1) is 16.9. The molecule has 0 unspecified atom stereocenters. The highest BCUT2D eigenvalue weighted by molar-refractivity contribution is 5.88. The fourth-order valence-electron chi connectivity index (χ4n) is 2.60. The summed E-state index contributed by atoms with van der Waals surface area (Å²) in [5, 5.41) is 15.8. The molecule has 7 heteroatoms. The molecule has 1 amide bonds. The van der Waals surface area contributed by atoms with E-state index in [-0.39, 0.29) is 17.5 Å². The number of carbonyl (C=O) groups excluding carboxylic acids is 1. The van der Waals surface area contributed by atoms with E-state index in [0.29, 0.717) is 24.7 Å². The molecular formula is C18H21N3O4. The summed E-state index contributed by atoms with van der Waals surface area (Å²) in [6.45, 7) is 4.47. The topological polar surface area (TPSA) is 92.7 Å². The standard InChI is InChI=1S/C18H21N3O4/c1-18(2,17(23)19-3)21-16-13(22)8-12(10-20-16)11-4-5-14-15(9-11)25-7-6-24-14/h4-5,8-10,22H,6-7H2,1-3H3,(H,19,23)(H,20,21). The van der Waals surface area contributed by atoms with Crippen LogP contribution in [0, 0.1) is 0 Å². The molecule has 25 heavy (non-hydrogen) atoms. The van der Waals surface area contributed by atoms with Gasteiger partial charge >= 0.3 is 0 Å². The van der Waals surface area contributed by atoms with Crippen LogP contribution in [0.15, 0.2) is 30.5 Å². The van der Waals surface area contributed by atoms with Gasteiger partial charge in [-0.25, -0.2) is 4.98 Å². The fourth-order valence-corrected chi connectivity index (χ4v) is 2.60. The van der Waals surface area contributed by atoms with E-state index in [1.54, 1.807) is 33.2 Å². The normalized spacial score (nSPS) is 13.2. The van der Waals surface area contributed by atoms with Crippen LogP contribution in [0.5, 0.6) is 17.2 Å². The van der Waals surface area contributed by atoms with Gasteiger partial charge < -0.3 is 25.2 Å². The number of nitrogens with one attached hydrogen (secondary N) is 2. The Morgan fingerprint density at radius 2 is 1.88 bits per heavy atom. The Kier molecular flexibility index (Phi) is 4.39. The number of aromatic nitrogens is 1. The number of anilines is 1. The van der Waals surface area contributed by atoms with Crippen LogP contribution in [-0.2, 0) is 4.79 Å². The highest BCUT2D eigenvalue weighted by atomic mass is 16.6. The third-order valence-electron chi connectivity index (χ3n) is 3.97. The predicted octanol–water partition coefficient (Wildman–Crippen LogP) is 2.16. The molecule has 1 aliphatic heterocycles. The first-order chi connectivity index (χ1) is 11.9. The Bertz CT molecular complexity index is 805. The number of fused-ring (bicyclic) bond motifs is 1. The van der Waals surface area contributed by atoms with E-state index in [1.165, 1.54) is 0 Å². The Morgan fingerprint density at radius 3 is 2.56 bits per heavy atom. The number of benzene rings is 1. The number of likely N-dealkylation sites (N-methyl/N-ethyl adjacent to an activating group) is 1. The molecule has 1 aromatic carbocycles. The summed E-state index contributed by atoms with van der Waals surface area (Å²) in [6.07, 6.45) is 1.63. The second kappa shape index (κ2) is 6.51. The average molecular weight is 343 g/mol. The molecule has 0 saturated carbocycles. The van der Waals surface area contributed by atoms with Gasteiger partial charge in [-0.1, -0.05) is 6.07 Å². The zero-order valence-electron chi connectivity index (χ0n) is 14.4. The summed E-state index contributed by atoms with van der Waals surface area (Å²) in [6, 6.07) is 7.17. The van der Waals surface area contributed by atoms with Gasteiger partial charge in [-0.05, 0) is 37.6 Å². The van der Waals surface area contributed by atoms with Crippen molar-refractivity contribution in [1.82, 2.24) is 10.3 Å². The highest BCUT2D eigenvalue weighted by Crippen LogP contribution is 2.36. The molecule has 3 rings (SSSR count). The summed E-state index contributed by atoms with van der Waals surface area (Å²) >= 11 is 0. The van der Waals surface area contributed by atoms with Crippen molar-refractivity contribution in [3.8, 4) is 28.4 Å². The van der Waals surface area contributed by atoms with Crippen molar-refractivity contribution >= 4 is 11.7 Å². The van der Waals surface area contributed by atoms with Crippen LogP contribution in [0.2, 0.25) is 0 Å². The quantitative estimate of drug-likeness (QED) is 0.788. The smallest absolute Gasteiger partial charge is 0.244 e. The zero-order chi connectivity index (χ0) is 18.0. The largest absolute Gasteiger partial charge is 0.504 e. The first-order valence-electron chi connectivity index (χ1n) is 8.00. The number of ether oxygens (including phenoxy) is 2. The molecule has 2 heterocycles. The van der Waals surface area contributed by atoms with Gasteiger partial charge in [-0.2, -0.15) is 0 Å². The Morgan fingerprint density at radius 1 is 1.16 bits per heavy atom. The van der Waals surface area contributed by atoms with Crippen molar-refractivity contribution in [1.29, 1.82) is 0 Å². The number of hydrogen-bond acceptors (Lipinski definition) is 6. The van der Waals surface area contributed by atoms with Crippen molar-refractivity contribution in [2.45, 2.75) is 19.4 Å². The number of amides is 1. The van der Waals surface area contributed by atoms with Crippen LogP contribution in [0.25, 0.3) is 11.1 Å². The van der Waals surface area contributed by atoms with Crippen molar-refractivity contribution < 1.29 is 19.4 Å². The third kappa shape index (κ3) is 3.45. The fraction of sp³-hybridized carbons (Fsp3) is 0.333. The van der Waals surface area contributed by atoms with Gasteiger partial charge in [0.15, 0.2) is 23.1 Å². The minimum atomic E-state index is -0.905. The molecule has 3 N–H and O–H groups in total. The molecule has 0 fully saturated rings. The maximum atomic E-state index is 11.9. The molecular weight excluding hydrogens is 322 g/mol. The molecule has 0 bridgehead atoms. The van der Waals surface area contributed by atoms with Crippen LogP contribution in [0.4, 0.5) is 5.82 Å². The van der Waals surface area contributed by atoms with Gasteiger partial charge in [0.2, 0.25) is 5.91 Å². The maximum absolute atomic E-state index is 11.9. The van der Waals surface area contributed by atoms with E-state index in [1.807, 2.05) is 18.2 Å². The van der Waals surface area contributed by atoms with Gasteiger partial charge in [-0.15, -0.1) is 0 Å². The lowest BCUT2D eigenvalue weighted by molar-refractivity contribution is -0.124. The molecule has 1 aromatic heterocycles. The van der Waals surface area contributed by atoms with Crippen LogP contribution in [-0.4, -0.2) is 41.8 Å².